The van der Waals surface area contributed by atoms with E-state index in [1.807, 2.05) is 0 Å². The van der Waals surface area contributed by atoms with Crippen molar-refractivity contribution in [3.8, 4) is 0 Å². The number of hydrogen-bond donors (Lipinski definition) is 1. The van der Waals surface area contributed by atoms with Crippen molar-refractivity contribution in [3.05, 3.63) is 35.4 Å². The molecule has 0 radical (unpaired) electrons. The van der Waals surface area contributed by atoms with Gasteiger partial charge in [0.15, 0.2) is 0 Å². The molecule has 3 aliphatic carbocycles. The molecular weight excluding hydrogens is 370 g/mol. The fourth-order valence-corrected chi connectivity index (χ4v) is 9.55. The number of aliphatic hydroxyl groups excluding tert-OH is 1. The van der Waals surface area contributed by atoms with Gasteiger partial charge in [-0.3, -0.25) is 0 Å². The monoisotopic (exact) mass is 403 g/mol. The van der Waals surface area contributed by atoms with Gasteiger partial charge in [0.25, 0.3) is 0 Å². The zero-order valence-electron chi connectivity index (χ0n) is 17.2. The Bertz CT molecular complexity index is 885. The number of aryl methyl sites for hydroxylation is 1. The normalized spacial score (nSPS) is 36.1. The molecule has 1 unspecified atom stereocenters. The van der Waals surface area contributed by atoms with Gasteiger partial charge in [0, 0.05) is 18.5 Å². The van der Waals surface area contributed by atoms with Crippen molar-refractivity contribution >= 4 is 10.0 Å². The highest BCUT2D eigenvalue weighted by Crippen LogP contribution is 2.66. The standard InChI is InChI=1S/C23H33NO3S/c1-21(2)18-8-10-23(21,20(25)15-18)16-28(26,27)24-13-11-22(12-14-24)9-7-17-5-3-4-6-19(17)22/h3-6,18,20,25H,7-16H2,1-2H3/t18?,20-,23+/m0/s1. The van der Waals surface area contributed by atoms with Crippen LogP contribution in [0.4, 0.5) is 0 Å². The van der Waals surface area contributed by atoms with E-state index in [2.05, 4.69) is 38.1 Å². The highest BCUT2D eigenvalue weighted by molar-refractivity contribution is 7.89. The summed E-state index contributed by atoms with van der Waals surface area (Å²) in [4.78, 5) is 0. The molecule has 3 atom stereocenters. The van der Waals surface area contributed by atoms with Crippen LogP contribution >= 0.6 is 0 Å². The minimum absolute atomic E-state index is 0.0963. The van der Waals surface area contributed by atoms with E-state index in [-0.39, 0.29) is 16.6 Å². The van der Waals surface area contributed by atoms with Gasteiger partial charge in [-0.1, -0.05) is 38.1 Å². The highest BCUT2D eigenvalue weighted by atomic mass is 32.2. The summed E-state index contributed by atoms with van der Waals surface area (Å²) in [5.74, 6) is 0.575. The predicted molar refractivity (Wildman–Crippen MR) is 111 cm³/mol. The molecule has 1 N–H and O–H groups in total. The van der Waals surface area contributed by atoms with Gasteiger partial charge in [-0.05, 0) is 72.8 Å². The molecule has 0 amide bonds. The minimum atomic E-state index is -3.36. The Hall–Kier alpha value is -0.910. The quantitative estimate of drug-likeness (QED) is 0.841. The number of benzene rings is 1. The Morgan fingerprint density at radius 1 is 1.11 bits per heavy atom. The molecule has 5 heteroatoms. The molecule has 1 aliphatic heterocycles. The molecule has 4 nitrogen and oxygen atoms in total. The number of rotatable bonds is 3. The van der Waals surface area contributed by atoms with E-state index in [4.69, 9.17) is 0 Å². The second-order valence-electron chi connectivity index (χ2n) is 10.5. The Balaban J connectivity index is 1.34. The molecule has 154 valence electrons. The molecule has 5 rings (SSSR count). The Morgan fingerprint density at radius 3 is 2.46 bits per heavy atom. The largest absolute Gasteiger partial charge is 0.392 e. The van der Waals surface area contributed by atoms with Crippen LogP contribution < -0.4 is 0 Å². The van der Waals surface area contributed by atoms with Gasteiger partial charge in [0.2, 0.25) is 10.0 Å². The smallest absolute Gasteiger partial charge is 0.214 e. The summed E-state index contributed by atoms with van der Waals surface area (Å²) in [5, 5.41) is 10.8. The van der Waals surface area contributed by atoms with E-state index in [0.717, 1.165) is 44.9 Å². The van der Waals surface area contributed by atoms with E-state index in [1.165, 1.54) is 11.1 Å². The molecule has 1 heterocycles. The summed E-state index contributed by atoms with van der Waals surface area (Å²) < 4.78 is 28.6. The molecule has 1 aromatic carbocycles. The fourth-order valence-electron chi connectivity index (χ4n) is 7.27. The third kappa shape index (κ3) is 2.45. The Labute approximate surface area is 169 Å². The lowest BCUT2D eigenvalue weighted by Crippen LogP contribution is -2.51. The summed E-state index contributed by atoms with van der Waals surface area (Å²) in [6.45, 7) is 5.59. The second kappa shape index (κ2) is 6.05. The summed E-state index contributed by atoms with van der Waals surface area (Å²) >= 11 is 0. The maximum absolute atomic E-state index is 13.4. The van der Waals surface area contributed by atoms with Gasteiger partial charge >= 0.3 is 0 Å². The van der Waals surface area contributed by atoms with Crippen molar-refractivity contribution < 1.29 is 13.5 Å². The first kappa shape index (κ1) is 19.1. The van der Waals surface area contributed by atoms with Gasteiger partial charge in [0.1, 0.15) is 0 Å². The second-order valence-corrected chi connectivity index (χ2v) is 12.4. The van der Waals surface area contributed by atoms with Crippen LogP contribution in [0.25, 0.3) is 0 Å². The third-order valence-electron chi connectivity index (χ3n) is 9.36. The molecule has 4 aliphatic rings. The Kier molecular flexibility index (Phi) is 4.12. The molecule has 1 saturated heterocycles. The molecule has 28 heavy (non-hydrogen) atoms. The number of hydrogen-bond acceptors (Lipinski definition) is 3. The van der Waals surface area contributed by atoms with Crippen molar-refractivity contribution in [2.45, 2.75) is 70.3 Å². The van der Waals surface area contributed by atoms with Crippen LogP contribution in [0, 0.1) is 16.7 Å². The van der Waals surface area contributed by atoms with Gasteiger partial charge in [-0.15, -0.1) is 0 Å². The maximum Gasteiger partial charge on any atom is 0.214 e. The van der Waals surface area contributed by atoms with Gasteiger partial charge in [-0.2, -0.15) is 0 Å². The minimum Gasteiger partial charge on any atom is -0.392 e. The number of nitrogens with zero attached hydrogens (tertiary/aromatic N) is 1. The third-order valence-corrected chi connectivity index (χ3v) is 11.4. The van der Waals surface area contributed by atoms with Gasteiger partial charge in [0.05, 0.1) is 11.9 Å². The van der Waals surface area contributed by atoms with E-state index in [1.54, 1.807) is 4.31 Å². The molecule has 2 bridgehead atoms. The lowest BCUT2D eigenvalue weighted by atomic mass is 9.70. The van der Waals surface area contributed by atoms with Crippen LogP contribution in [0.3, 0.4) is 0 Å². The summed E-state index contributed by atoms with van der Waals surface area (Å²) in [6.07, 6.45) is 6.30. The SMILES string of the molecule is CC1(C)C2CC[C@@]1(CS(=O)(=O)N1CCC3(CCc4ccccc43)CC1)[C@@H](O)C2. The summed E-state index contributed by atoms with van der Waals surface area (Å²) in [6, 6.07) is 8.71. The average Bonchev–Trinajstić information content (AvgIpc) is 3.19. The molecular formula is C23H33NO3S. The van der Waals surface area contributed by atoms with Crippen molar-refractivity contribution in [1.29, 1.82) is 0 Å². The van der Waals surface area contributed by atoms with Gasteiger partial charge < -0.3 is 5.11 Å². The zero-order valence-corrected chi connectivity index (χ0v) is 18.0. The maximum atomic E-state index is 13.4. The van der Waals surface area contributed by atoms with Crippen molar-refractivity contribution in [2.24, 2.45) is 16.7 Å². The molecule has 2 saturated carbocycles. The predicted octanol–water partition coefficient (Wildman–Crippen LogP) is 3.48. The van der Waals surface area contributed by atoms with Crippen LogP contribution in [0.15, 0.2) is 24.3 Å². The fraction of sp³-hybridized carbons (Fsp3) is 0.739. The summed E-state index contributed by atoms with van der Waals surface area (Å²) in [7, 11) is -3.36. The molecule has 0 aromatic heterocycles. The first-order chi connectivity index (χ1) is 13.2. The van der Waals surface area contributed by atoms with E-state index in [0.29, 0.717) is 19.0 Å². The summed E-state index contributed by atoms with van der Waals surface area (Å²) in [5.41, 5.74) is 2.51. The molecule has 1 spiro atoms. The Morgan fingerprint density at radius 2 is 1.82 bits per heavy atom. The molecule has 1 aromatic rings. The van der Waals surface area contributed by atoms with E-state index in [9.17, 15) is 13.5 Å². The molecule has 3 fully saturated rings. The van der Waals surface area contributed by atoms with E-state index >= 15 is 0 Å². The lowest BCUT2D eigenvalue weighted by molar-refractivity contribution is 0.0143. The zero-order chi connectivity index (χ0) is 19.8. The van der Waals surface area contributed by atoms with Crippen LogP contribution in [0.2, 0.25) is 0 Å². The number of fused-ring (bicyclic) bond motifs is 4. The van der Waals surface area contributed by atoms with Crippen molar-refractivity contribution in [3.63, 3.8) is 0 Å². The average molecular weight is 404 g/mol. The van der Waals surface area contributed by atoms with Crippen LogP contribution in [0.1, 0.15) is 63.5 Å². The first-order valence-electron chi connectivity index (χ1n) is 10.9. The lowest BCUT2D eigenvalue weighted by Gasteiger charge is -2.44. The van der Waals surface area contributed by atoms with Crippen LogP contribution in [-0.2, 0) is 21.9 Å². The number of piperidine rings is 1. The van der Waals surface area contributed by atoms with Crippen LogP contribution in [0.5, 0.6) is 0 Å². The van der Waals surface area contributed by atoms with Crippen molar-refractivity contribution in [1.82, 2.24) is 4.31 Å². The number of aliphatic hydroxyl groups is 1. The highest BCUT2D eigenvalue weighted by Gasteiger charge is 2.65. The topological polar surface area (TPSA) is 57.6 Å². The van der Waals surface area contributed by atoms with Crippen LogP contribution in [-0.4, -0.2) is 42.8 Å². The first-order valence-corrected chi connectivity index (χ1v) is 12.6. The number of sulfonamides is 1. The van der Waals surface area contributed by atoms with Crippen molar-refractivity contribution in [2.75, 3.05) is 18.8 Å². The van der Waals surface area contributed by atoms with E-state index < -0.39 is 21.5 Å². The van der Waals surface area contributed by atoms with Gasteiger partial charge in [-0.25, -0.2) is 12.7 Å².